The lowest BCUT2D eigenvalue weighted by Crippen LogP contribution is -2.08. The summed E-state index contributed by atoms with van der Waals surface area (Å²) in [7, 11) is 0. The van der Waals surface area contributed by atoms with Crippen molar-refractivity contribution in [3.8, 4) is 16.9 Å². The number of hydrogen-bond donors (Lipinski definition) is 1. The smallest absolute Gasteiger partial charge is 0.248 e. The Morgan fingerprint density at radius 2 is 1.91 bits per heavy atom. The summed E-state index contributed by atoms with van der Waals surface area (Å²) in [6.45, 7) is 8.52. The number of carbonyl (C=O) groups is 1. The van der Waals surface area contributed by atoms with Crippen LogP contribution in [-0.4, -0.2) is 12.5 Å². The van der Waals surface area contributed by atoms with Crippen LogP contribution in [0.1, 0.15) is 30.5 Å². The van der Waals surface area contributed by atoms with Crippen LogP contribution >= 0.6 is 11.6 Å². The molecule has 0 bridgehead atoms. The van der Waals surface area contributed by atoms with Crippen molar-refractivity contribution in [2.24, 2.45) is 0 Å². The molecule has 168 valence electrons. The predicted molar refractivity (Wildman–Crippen MR) is 136 cm³/mol. The zero-order valence-corrected chi connectivity index (χ0v) is 19.9. The quantitative estimate of drug-likeness (QED) is 0.299. The first kappa shape index (κ1) is 22.7. The number of aryl methyl sites for hydroxylation is 2. The number of fused-ring (bicyclic) bond motifs is 1. The van der Waals surface area contributed by atoms with Crippen LogP contribution in [0.2, 0.25) is 5.02 Å². The maximum Gasteiger partial charge on any atom is 0.248 e. The number of furan rings is 1. The summed E-state index contributed by atoms with van der Waals surface area (Å²) in [6, 6.07) is 17.4. The van der Waals surface area contributed by atoms with Crippen LogP contribution in [0.5, 0.6) is 5.75 Å². The highest BCUT2D eigenvalue weighted by Gasteiger charge is 2.16. The van der Waals surface area contributed by atoms with Gasteiger partial charge in [0.25, 0.3) is 0 Å². The number of amides is 1. The van der Waals surface area contributed by atoms with Gasteiger partial charge in [-0.25, -0.2) is 0 Å². The van der Waals surface area contributed by atoms with Crippen molar-refractivity contribution in [2.45, 2.75) is 27.7 Å². The number of halogens is 1. The first-order valence-corrected chi connectivity index (χ1v) is 11.2. The van der Waals surface area contributed by atoms with E-state index in [1.807, 2.05) is 26.0 Å². The van der Waals surface area contributed by atoms with Crippen LogP contribution < -0.4 is 10.1 Å². The van der Waals surface area contributed by atoms with Crippen molar-refractivity contribution < 1.29 is 13.9 Å². The molecule has 0 aliphatic carbocycles. The van der Waals surface area contributed by atoms with Gasteiger partial charge in [-0.1, -0.05) is 41.4 Å². The molecular weight excluding hydrogens is 434 g/mol. The maximum absolute atomic E-state index is 12.7. The lowest BCUT2D eigenvalue weighted by atomic mass is 9.96. The molecule has 4 rings (SSSR count). The highest BCUT2D eigenvalue weighted by molar-refractivity contribution is 6.31. The average Bonchev–Trinajstić information content (AvgIpc) is 3.16. The number of carbonyl (C=O) groups excluding carboxylic acids is 1. The van der Waals surface area contributed by atoms with E-state index in [0.29, 0.717) is 23.1 Å². The summed E-state index contributed by atoms with van der Waals surface area (Å²) in [5.74, 6) is 0.440. The minimum atomic E-state index is -0.237. The molecule has 0 saturated heterocycles. The van der Waals surface area contributed by atoms with Crippen LogP contribution in [0.25, 0.3) is 27.7 Å². The molecule has 0 aliphatic rings. The van der Waals surface area contributed by atoms with Crippen molar-refractivity contribution in [2.75, 3.05) is 11.9 Å². The third-order valence-corrected chi connectivity index (χ3v) is 5.75. The fourth-order valence-corrected chi connectivity index (χ4v) is 4.17. The van der Waals surface area contributed by atoms with E-state index in [-0.39, 0.29) is 5.91 Å². The first-order chi connectivity index (χ1) is 15.9. The van der Waals surface area contributed by atoms with E-state index >= 15 is 0 Å². The molecule has 0 atom stereocenters. The third kappa shape index (κ3) is 4.96. The summed E-state index contributed by atoms with van der Waals surface area (Å²) in [4.78, 5) is 12.7. The zero-order valence-electron chi connectivity index (χ0n) is 19.2. The van der Waals surface area contributed by atoms with E-state index in [0.717, 1.165) is 33.2 Å². The lowest BCUT2D eigenvalue weighted by molar-refractivity contribution is -0.111. The monoisotopic (exact) mass is 459 g/mol. The van der Waals surface area contributed by atoms with Gasteiger partial charge in [0.2, 0.25) is 5.91 Å². The topological polar surface area (TPSA) is 51.5 Å². The van der Waals surface area contributed by atoms with Gasteiger partial charge in [-0.15, -0.1) is 0 Å². The number of nitrogens with one attached hydrogen (secondary N) is 1. The van der Waals surface area contributed by atoms with Gasteiger partial charge >= 0.3 is 0 Å². The number of hydrogen-bond acceptors (Lipinski definition) is 3. The zero-order chi connectivity index (χ0) is 23.5. The summed E-state index contributed by atoms with van der Waals surface area (Å²) in [6.07, 6.45) is 3.36. The Morgan fingerprint density at radius 3 is 2.64 bits per heavy atom. The van der Waals surface area contributed by atoms with E-state index in [4.69, 9.17) is 20.8 Å². The Labute approximate surface area is 198 Å². The number of ether oxygens (including phenoxy) is 1. The van der Waals surface area contributed by atoms with Crippen molar-refractivity contribution in [3.63, 3.8) is 0 Å². The Hall–Kier alpha value is -3.50. The fraction of sp³-hybridized carbons (Fsp3) is 0.179. The number of anilines is 1. The van der Waals surface area contributed by atoms with Crippen molar-refractivity contribution in [1.82, 2.24) is 0 Å². The fourth-order valence-electron chi connectivity index (χ4n) is 3.98. The van der Waals surface area contributed by atoms with Gasteiger partial charge in [0.05, 0.1) is 12.9 Å². The molecule has 0 spiro atoms. The van der Waals surface area contributed by atoms with Crippen LogP contribution in [-0.2, 0) is 4.79 Å². The molecular formula is C28H26ClNO3. The highest BCUT2D eigenvalue weighted by atomic mass is 35.5. The van der Waals surface area contributed by atoms with E-state index in [2.05, 4.69) is 37.4 Å². The molecule has 4 nitrogen and oxygen atoms in total. The van der Waals surface area contributed by atoms with Crippen LogP contribution in [0.15, 0.2) is 71.4 Å². The van der Waals surface area contributed by atoms with Gasteiger partial charge in [0.15, 0.2) is 0 Å². The Bertz CT molecular complexity index is 1370. The van der Waals surface area contributed by atoms with E-state index in [9.17, 15) is 4.79 Å². The largest absolute Gasteiger partial charge is 0.493 e. The summed E-state index contributed by atoms with van der Waals surface area (Å²) >= 11 is 6.02. The van der Waals surface area contributed by atoms with E-state index in [1.165, 1.54) is 11.1 Å². The maximum atomic E-state index is 12.7. The van der Waals surface area contributed by atoms with Crippen LogP contribution in [0.3, 0.4) is 0 Å². The van der Waals surface area contributed by atoms with Gasteiger partial charge in [0.1, 0.15) is 11.3 Å². The van der Waals surface area contributed by atoms with Gasteiger partial charge in [0, 0.05) is 39.4 Å². The minimum absolute atomic E-state index is 0.237. The molecule has 1 N–H and O–H groups in total. The summed E-state index contributed by atoms with van der Waals surface area (Å²) in [5.41, 5.74) is 7.55. The molecule has 3 aromatic carbocycles. The van der Waals surface area contributed by atoms with Gasteiger partial charge in [-0.05, 0) is 68.7 Å². The molecule has 0 saturated carbocycles. The second kappa shape index (κ2) is 9.55. The van der Waals surface area contributed by atoms with E-state index < -0.39 is 0 Å². The average molecular weight is 460 g/mol. The number of allylic oxidation sites excluding steroid dienone is 1. The molecule has 1 heterocycles. The molecule has 0 fully saturated rings. The summed E-state index contributed by atoms with van der Waals surface area (Å²) < 4.78 is 11.8. The predicted octanol–water partition coefficient (Wildman–Crippen LogP) is 7.81. The lowest BCUT2D eigenvalue weighted by Gasteiger charge is -2.12. The van der Waals surface area contributed by atoms with Crippen LogP contribution in [0.4, 0.5) is 5.69 Å². The Balaban J connectivity index is 1.75. The van der Waals surface area contributed by atoms with Gasteiger partial charge in [-0.2, -0.15) is 0 Å². The minimum Gasteiger partial charge on any atom is -0.493 e. The Kier molecular flexibility index (Phi) is 6.57. The van der Waals surface area contributed by atoms with Crippen LogP contribution in [0, 0.1) is 13.8 Å². The molecule has 33 heavy (non-hydrogen) atoms. The molecule has 0 radical (unpaired) electrons. The molecule has 5 heteroatoms. The van der Waals surface area contributed by atoms with Crippen molar-refractivity contribution >= 4 is 39.7 Å². The highest BCUT2D eigenvalue weighted by Crippen LogP contribution is 2.38. The van der Waals surface area contributed by atoms with Gasteiger partial charge < -0.3 is 14.5 Å². The molecule has 1 amide bonds. The third-order valence-electron chi connectivity index (χ3n) is 5.51. The molecule has 0 unspecified atom stereocenters. The molecule has 0 aliphatic heterocycles. The Morgan fingerprint density at radius 1 is 1.09 bits per heavy atom. The first-order valence-electron chi connectivity index (χ1n) is 10.9. The second-order valence-electron chi connectivity index (χ2n) is 8.07. The number of benzene rings is 3. The van der Waals surface area contributed by atoms with Crippen molar-refractivity contribution in [3.05, 3.63) is 88.6 Å². The summed E-state index contributed by atoms with van der Waals surface area (Å²) in [5, 5.41) is 4.40. The second-order valence-corrected chi connectivity index (χ2v) is 8.51. The molecule has 4 aromatic rings. The number of rotatable bonds is 6. The van der Waals surface area contributed by atoms with E-state index in [1.54, 1.807) is 36.6 Å². The standard InChI is InChI=1S/C28H26ClNO3/c1-5-32-26-15-27-24(25(16-33-27)22-10-9-17(2)11-18(22)3)14-23(26)19(4)12-28(31)30-21-8-6-7-20(29)13-21/h6-16H,5H2,1-4H3,(H,30,31)/b19-12+. The van der Waals surface area contributed by atoms with Crippen molar-refractivity contribution in [1.29, 1.82) is 0 Å². The molecule has 1 aromatic heterocycles. The SMILES string of the molecule is CCOc1cc2occ(-c3ccc(C)cc3C)c2cc1/C(C)=C/C(=O)Nc1cccc(Cl)c1. The van der Waals surface area contributed by atoms with Gasteiger partial charge in [-0.3, -0.25) is 4.79 Å². The normalized spacial score (nSPS) is 11.6.